The minimum atomic E-state index is -0.418. The van der Waals surface area contributed by atoms with E-state index >= 15 is 0 Å². The lowest BCUT2D eigenvalue weighted by molar-refractivity contribution is -0.116. The van der Waals surface area contributed by atoms with Gasteiger partial charge in [0.25, 0.3) is 5.91 Å². The Morgan fingerprint density at radius 1 is 1.03 bits per heavy atom. The third kappa shape index (κ3) is 3.48. The number of amidine groups is 1. The molecule has 6 nitrogen and oxygen atoms in total. The molecule has 1 amide bonds. The standard InChI is InChI=1S/C23H19N5OS/c1-15-6-8-16(9-7-15)14-30-23-26-22(29)20-18-4-2-3-5-19(18)25-21(28(20)27-23)17-10-12-24-13-11-17/h2-13,21H,14H2,1H3,(H,26,27,29). The van der Waals surface area contributed by atoms with E-state index < -0.39 is 6.17 Å². The van der Waals surface area contributed by atoms with Crippen LogP contribution in [0.4, 0.5) is 0 Å². The molecule has 0 saturated carbocycles. The van der Waals surface area contributed by atoms with Crippen molar-refractivity contribution < 1.29 is 4.79 Å². The van der Waals surface area contributed by atoms with Crippen molar-refractivity contribution in [3.8, 4) is 0 Å². The molecule has 3 heterocycles. The molecule has 0 spiro atoms. The van der Waals surface area contributed by atoms with Gasteiger partial charge in [0.2, 0.25) is 0 Å². The van der Waals surface area contributed by atoms with Gasteiger partial charge in [-0.2, -0.15) is 0 Å². The van der Waals surface area contributed by atoms with Crippen LogP contribution < -0.4 is 15.9 Å². The maximum Gasteiger partial charge on any atom is 0.276 e. The Morgan fingerprint density at radius 3 is 2.60 bits per heavy atom. The third-order valence-electron chi connectivity index (χ3n) is 5.02. The van der Waals surface area contributed by atoms with Gasteiger partial charge in [0, 0.05) is 28.9 Å². The Morgan fingerprint density at radius 2 is 1.80 bits per heavy atom. The van der Waals surface area contributed by atoms with Crippen molar-refractivity contribution >= 4 is 28.5 Å². The van der Waals surface area contributed by atoms with Gasteiger partial charge >= 0.3 is 0 Å². The maximum absolute atomic E-state index is 13.1. The second-order valence-corrected chi connectivity index (χ2v) is 8.09. The highest BCUT2D eigenvalue weighted by Gasteiger charge is 2.34. The van der Waals surface area contributed by atoms with E-state index in [1.54, 1.807) is 17.4 Å². The zero-order valence-corrected chi connectivity index (χ0v) is 17.1. The molecule has 148 valence electrons. The fraction of sp³-hybridized carbons (Fsp3) is 0.130. The van der Waals surface area contributed by atoms with Crippen LogP contribution >= 0.6 is 11.8 Å². The molecule has 0 bridgehead atoms. The average Bonchev–Trinajstić information content (AvgIpc) is 2.78. The predicted molar refractivity (Wildman–Crippen MR) is 117 cm³/mol. The van der Waals surface area contributed by atoms with Crippen molar-refractivity contribution in [3.63, 3.8) is 0 Å². The van der Waals surface area contributed by atoms with Gasteiger partial charge in [-0.05, 0) is 30.7 Å². The highest BCUT2D eigenvalue weighted by Crippen LogP contribution is 2.30. The topological polar surface area (TPSA) is 70.0 Å². The van der Waals surface area contributed by atoms with Gasteiger partial charge in [-0.15, -0.1) is 5.10 Å². The molecule has 1 unspecified atom stereocenters. The first kappa shape index (κ1) is 18.6. The van der Waals surface area contributed by atoms with Crippen LogP contribution in [0.3, 0.4) is 0 Å². The second-order valence-electron chi connectivity index (χ2n) is 7.13. The smallest absolute Gasteiger partial charge is 0.276 e. The van der Waals surface area contributed by atoms with Crippen molar-refractivity contribution in [3.05, 3.63) is 100 Å². The largest absolute Gasteiger partial charge is 0.298 e. The van der Waals surface area contributed by atoms with Crippen LogP contribution in [0.5, 0.6) is 0 Å². The zero-order valence-electron chi connectivity index (χ0n) is 16.3. The highest BCUT2D eigenvalue weighted by molar-refractivity contribution is 8.13. The number of para-hydroxylation sites is 1. The molecule has 1 atom stereocenters. The third-order valence-corrected chi connectivity index (χ3v) is 5.95. The number of hydrogen-bond donors (Lipinski definition) is 1. The number of amides is 1. The Bertz CT molecular complexity index is 1250. The minimum absolute atomic E-state index is 0.169. The van der Waals surface area contributed by atoms with Crippen LogP contribution in [0, 0.1) is 6.92 Å². The van der Waals surface area contributed by atoms with Crippen molar-refractivity contribution in [2.75, 3.05) is 0 Å². The number of carbonyl (C=O) groups is 1. The Labute approximate surface area is 178 Å². The molecule has 3 aromatic rings. The summed E-state index contributed by atoms with van der Waals surface area (Å²) in [6.45, 7) is 2.07. The van der Waals surface area contributed by atoms with Crippen molar-refractivity contribution in [2.24, 2.45) is 10.1 Å². The van der Waals surface area contributed by atoms with Gasteiger partial charge in [-0.1, -0.05) is 59.8 Å². The lowest BCUT2D eigenvalue weighted by Crippen LogP contribution is -2.50. The van der Waals surface area contributed by atoms with Gasteiger partial charge in [0.05, 0.1) is 5.36 Å². The molecule has 5 rings (SSSR count). The Kier molecular flexibility index (Phi) is 4.80. The molecule has 1 N–H and O–H groups in total. The summed E-state index contributed by atoms with van der Waals surface area (Å²) in [6, 6.07) is 19.8. The molecular formula is C23H19N5OS. The van der Waals surface area contributed by atoms with E-state index in [2.05, 4.69) is 41.5 Å². The van der Waals surface area contributed by atoms with Crippen molar-refractivity contribution in [2.45, 2.75) is 18.8 Å². The monoisotopic (exact) mass is 413 g/mol. The first-order valence-corrected chi connectivity index (χ1v) is 10.6. The molecule has 30 heavy (non-hydrogen) atoms. The number of hydrogen-bond acceptors (Lipinski definition) is 6. The van der Waals surface area contributed by atoms with Crippen molar-refractivity contribution in [1.29, 1.82) is 0 Å². The fourth-order valence-corrected chi connectivity index (χ4v) is 4.29. The molecule has 1 aromatic heterocycles. The summed E-state index contributed by atoms with van der Waals surface area (Å²) < 4.78 is 0. The zero-order chi connectivity index (χ0) is 20.5. The first-order valence-electron chi connectivity index (χ1n) is 9.64. The number of aromatic nitrogens is 1. The Hall–Kier alpha value is -3.45. The molecule has 2 aliphatic heterocycles. The number of pyridine rings is 1. The molecular weight excluding hydrogens is 394 g/mol. The normalized spacial score (nSPS) is 17.4. The quantitative estimate of drug-likeness (QED) is 0.716. The lowest BCUT2D eigenvalue weighted by atomic mass is 10.1. The molecule has 0 radical (unpaired) electrons. The number of nitrogens with zero attached hydrogens (tertiary/aromatic N) is 4. The van der Waals surface area contributed by atoms with E-state index in [-0.39, 0.29) is 5.91 Å². The van der Waals surface area contributed by atoms with Gasteiger partial charge in [0.15, 0.2) is 11.3 Å². The SMILES string of the molecule is Cc1ccc(CSC2=NN3C(=c4ccccc4=NC3c3ccncc3)C(=O)N2)cc1. The lowest BCUT2D eigenvalue weighted by Gasteiger charge is -2.34. The molecule has 0 saturated heterocycles. The number of aryl methyl sites for hydroxylation is 1. The molecule has 7 heteroatoms. The number of carbonyl (C=O) groups excluding carboxylic acids is 1. The van der Waals surface area contributed by atoms with Crippen LogP contribution in [-0.2, 0) is 10.5 Å². The van der Waals surface area contributed by atoms with Gasteiger partial charge < -0.3 is 0 Å². The highest BCUT2D eigenvalue weighted by atomic mass is 32.2. The van der Waals surface area contributed by atoms with Crippen LogP contribution in [0.15, 0.2) is 83.2 Å². The summed E-state index contributed by atoms with van der Waals surface area (Å²) in [5.41, 5.74) is 3.84. The summed E-state index contributed by atoms with van der Waals surface area (Å²) in [5.74, 6) is 0.550. The van der Waals surface area contributed by atoms with E-state index in [0.29, 0.717) is 10.9 Å². The van der Waals surface area contributed by atoms with Gasteiger partial charge in [-0.3, -0.25) is 20.1 Å². The van der Waals surface area contributed by atoms with E-state index in [0.717, 1.165) is 21.9 Å². The fourth-order valence-electron chi connectivity index (χ4n) is 3.48. The number of rotatable bonds is 3. The number of nitrogens with one attached hydrogen (secondary N) is 1. The average molecular weight is 414 g/mol. The number of fused-ring (bicyclic) bond motifs is 2. The summed E-state index contributed by atoms with van der Waals surface area (Å²) in [7, 11) is 0. The van der Waals surface area contributed by atoms with Crippen molar-refractivity contribution in [1.82, 2.24) is 15.3 Å². The molecule has 0 aliphatic carbocycles. The number of hydrazone groups is 1. The summed E-state index contributed by atoms with van der Waals surface area (Å²) in [4.78, 5) is 22.1. The summed E-state index contributed by atoms with van der Waals surface area (Å²) in [5, 5.41) is 11.6. The van der Waals surface area contributed by atoms with E-state index in [1.807, 2.05) is 36.4 Å². The van der Waals surface area contributed by atoms with E-state index in [4.69, 9.17) is 10.1 Å². The predicted octanol–water partition coefficient (Wildman–Crippen LogP) is 2.47. The second kappa shape index (κ2) is 7.76. The van der Waals surface area contributed by atoms with Crippen LogP contribution in [0.25, 0.3) is 5.70 Å². The summed E-state index contributed by atoms with van der Waals surface area (Å²) >= 11 is 1.50. The number of thioether (sulfide) groups is 1. The number of benzene rings is 2. The van der Waals surface area contributed by atoms with E-state index in [9.17, 15) is 4.79 Å². The van der Waals surface area contributed by atoms with Crippen LogP contribution in [0.2, 0.25) is 0 Å². The Balaban J connectivity index is 1.54. The van der Waals surface area contributed by atoms with Crippen LogP contribution in [0.1, 0.15) is 22.9 Å². The van der Waals surface area contributed by atoms with Crippen LogP contribution in [-0.4, -0.2) is 21.1 Å². The minimum Gasteiger partial charge on any atom is -0.298 e. The summed E-state index contributed by atoms with van der Waals surface area (Å²) in [6.07, 6.45) is 3.04. The molecule has 2 aliphatic rings. The first-order chi connectivity index (χ1) is 14.7. The van der Waals surface area contributed by atoms with E-state index in [1.165, 1.54) is 22.9 Å². The maximum atomic E-state index is 13.1. The van der Waals surface area contributed by atoms with Gasteiger partial charge in [-0.25, -0.2) is 5.01 Å². The molecule has 2 aromatic carbocycles. The van der Waals surface area contributed by atoms with Gasteiger partial charge in [0.1, 0.15) is 5.70 Å². The molecule has 0 fully saturated rings.